The minimum absolute atomic E-state index is 0.0837. The van der Waals surface area contributed by atoms with Crippen LogP contribution in [0.5, 0.6) is 0 Å². The third-order valence-corrected chi connectivity index (χ3v) is 4.88. The van der Waals surface area contributed by atoms with Crippen LogP contribution in [0.1, 0.15) is 15.9 Å². The van der Waals surface area contributed by atoms with E-state index in [0.717, 1.165) is 10.9 Å². The van der Waals surface area contributed by atoms with Crippen LogP contribution in [0.4, 0.5) is 5.69 Å². The molecule has 0 saturated carbocycles. The number of anilines is 1. The van der Waals surface area contributed by atoms with Gasteiger partial charge in [-0.1, -0.05) is 6.07 Å². The largest absolute Gasteiger partial charge is 0.478 e. The van der Waals surface area contributed by atoms with Crippen molar-refractivity contribution in [1.29, 1.82) is 0 Å². The van der Waals surface area contributed by atoms with E-state index in [0.29, 0.717) is 5.52 Å². The van der Waals surface area contributed by atoms with Crippen LogP contribution in [0.15, 0.2) is 59.6 Å². The molecule has 7 heteroatoms. The molecular formula is C17H14N2O4S. The zero-order chi connectivity index (χ0) is 17.3. The summed E-state index contributed by atoms with van der Waals surface area (Å²) in [6.07, 6.45) is 1.54. The average molecular weight is 342 g/mol. The summed E-state index contributed by atoms with van der Waals surface area (Å²) in [6.45, 7) is 1.81. The molecule has 0 aliphatic heterocycles. The molecule has 0 unspecified atom stereocenters. The van der Waals surface area contributed by atoms with Crippen LogP contribution in [-0.4, -0.2) is 24.5 Å². The van der Waals surface area contributed by atoms with Gasteiger partial charge in [0, 0.05) is 17.3 Å². The second kappa shape index (κ2) is 5.93. The summed E-state index contributed by atoms with van der Waals surface area (Å²) in [5.74, 6) is -1.07. The molecule has 0 saturated heterocycles. The van der Waals surface area contributed by atoms with Crippen molar-refractivity contribution >= 4 is 32.6 Å². The maximum absolute atomic E-state index is 12.7. The number of sulfonamides is 1. The highest BCUT2D eigenvalue weighted by Gasteiger charge is 2.19. The minimum Gasteiger partial charge on any atom is -0.478 e. The molecule has 6 nitrogen and oxygen atoms in total. The molecule has 0 fully saturated rings. The highest BCUT2D eigenvalue weighted by Crippen LogP contribution is 2.25. The first-order valence-electron chi connectivity index (χ1n) is 7.08. The number of carboxylic acids is 1. The Morgan fingerprint density at radius 1 is 1.12 bits per heavy atom. The van der Waals surface area contributed by atoms with Crippen molar-refractivity contribution in [3.8, 4) is 0 Å². The van der Waals surface area contributed by atoms with Gasteiger partial charge in [0.05, 0.1) is 11.1 Å². The van der Waals surface area contributed by atoms with E-state index in [1.54, 1.807) is 24.4 Å². The van der Waals surface area contributed by atoms with Crippen molar-refractivity contribution < 1.29 is 18.3 Å². The van der Waals surface area contributed by atoms with Crippen molar-refractivity contribution in [3.63, 3.8) is 0 Å². The Balaban J connectivity index is 2.03. The van der Waals surface area contributed by atoms with Gasteiger partial charge in [0.2, 0.25) is 0 Å². The number of aryl methyl sites for hydroxylation is 1. The summed E-state index contributed by atoms with van der Waals surface area (Å²) in [6, 6.07) is 12.5. The van der Waals surface area contributed by atoms with Gasteiger partial charge in [0.15, 0.2) is 0 Å². The molecule has 0 radical (unpaired) electrons. The number of pyridine rings is 1. The van der Waals surface area contributed by atoms with Crippen LogP contribution >= 0.6 is 0 Å². The predicted octanol–water partition coefficient (Wildman–Crippen LogP) is 3.04. The molecule has 0 aliphatic rings. The highest BCUT2D eigenvalue weighted by molar-refractivity contribution is 7.93. The van der Waals surface area contributed by atoms with Crippen LogP contribution in [0.25, 0.3) is 10.9 Å². The number of aromatic carboxylic acids is 1. The zero-order valence-electron chi connectivity index (χ0n) is 12.7. The Bertz CT molecular complexity index is 1030. The number of nitrogens with one attached hydrogen (secondary N) is 1. The number of aromatic nitrogens is 1. The van der Waals surface area contributed by atoms with E-state index in [1.165, 1.54) is 24.3 Å². The van der Waals surface area contributed by atoms with Gasteiger partial charge in [-0.15, -0.1) is 0 Å². The fourth-order valence-electron chi connectivity index (χ4n) is 2.40. The molecule has 24 heavy (non-hydrogen) atoms. The summed E-state index contributed by atoms with van der Waals surface area (Å²) in [5.41, 5.74) is 1.56. The maximum atomic E-state index is 12.7. The zero-order valence-corrected chi connectivity index (χ0v) is 13.5. The van der Waals surface area contributed by atoms with Gasteiger partial charge in [-0.3, -0.25) is 9.71 Å². The lowest BCUT2D eigenvalue weighted by Gasteiger charge is -2.11. The predicted molar refractivity (Wildman–Crippen MR) is 90.7 cm³/mol. The average Bonchev–Trinajstić information content (AvgIpc) is 2.54. The van der Waals surface area contributed by atoms with Gasteiger partial charge in [0.1, 0.15) is 4.90 Å². The van der Waals surface area contributed by atoms with Crippen molar-refractivity contribution in [1.82, 2.24) is 4.98 Å². The van der Waals surface area contributed by atoms with Crippen molar-refractivity contribution in [2.24, 2.45) is 0 Å². The monoisotopic (exact) mass is 342 g/mol. The minimum atomic E-state index is -3.86. The lowest BCUT2D eigenvalue weighted by molar-refractivity contribution is 0.0697. The number of benzene rings is 2. The second-order valence-electron chi connectivity index (χ2n) is 5.33. The normalized spacial score (nSPS) is 11.4. The molecule has 2 aromatic carbocycles. The van der Waals surface area contributed by atoms with E-state index in [-0.39, 0.29) is 16.1 Å². The lowest BCUT2D eigenvalue weighted by Crippen LogP contribution is -2.14. The number of hydrogen-bond acceptors (Lipinski definition) is 4. The Morgan fingerprint density at radius 3 is 2.50 bits per heavy atom. The summed E-state index contributed by atoms with van der Waals surface area (Å²) >= 11 is 0. The number of hydrogen-bond donors (Lipinski definition) is 2. The SMILES string of the molecule is Cc1cc(S(=O)(=O)Nc2ccc(C(=O)O)cc2)c2ncccc2c1. The molecule has 0 atom stereocenters. The third-order valence-electron chi connectivity index (χ3n) is 3.49. The van der Waals surface area contributed by atoms with E-state index in [9.17, 15) is 13.2 Å². The Morgan fingerprint density at radius 2 is 1.83 bits per heavy atom. The van der Waals surface area contributed by atoms with E-state index in [2.05, 4.69) is 9.71 Å². The summed E-state index contributed by atoms with van der Waals surface area (Å²) < 4.78 is 27.9. The van der Waals surface area contributed by atoms with Crippen LogP contribution in [-0.2, 0) is 10.0 Å². The molecule has 0 bridgehead atoms. The molecule has 122 valence electrons. The number of fused-ring (bicyclic) bond motifs is 1. The van der Waals surface area contributed by atoms with Gasteiger partial charge in [-0.05, 0) is 55.0 Å². The standard InChI is InChI=1S/C17H14N2O4S/c1-11-9-13-3-2-8-18-16(13)15(10-11)24(22,23)19-14-6-4-12(5-7-14)17(20)21/h2-10,19H,1H3,(H,20,21). The number of carbonyl (C=O) groups is 1. The van der Waals surface area contributed by atoms with Crippen LogP contribution in [0, 0.1) is 6.92 Å². The van der Waals surface area contributed by atoms with Crippen LogP contribution in [0.2, 0.25) is 0 Å². The van der Waals surface area contributed by atoms with Gasteiger partial charge >= 0.3 is 5.97 Å². The molecule has 0 aliphatic carbocycles. The summed E-state index contributed by atoms with van der Waals surface area (Å²) in [5, 5.41) is 9.62. The fourth-order valence-corrected chi connectivity index (χ4v) is 3.72. The molecule has 0 amide bonds. The summed E-state index contributed by atoms with van der Waals surface area (Å²) in [4.78, 5) is 15.1. The van der Waals surface area contributed by atoms with E-state index >= 15 is 0 Å². The molecule has 1 heterocycles. The number of carboxylic acid groups (broad SMARTS) is 1. The Kier molecular flexibility index (Phi) is 3.94. The molecular weight excluding hydrogens is 328 g/mol. The Labute approximate surface area is 138 Å². The highest BCUT2D eigenvalue weighted by atomic mass is 32.2. The second-order valence-corrected chi connectivity index (χ2v) is 6.98. The molecule has 2 N–H and O–H groups in total. The van der Waals surface area contributed by atoms with E-state index < -0.39 is 16.0 Å². The Hall–Kier alpha value is -2.93. The van der Waals surface area contributed by atoms with Crippen molar-refractivity contribution in [2.75, 3.05) is 4.72 Å². The fraction of sp³-hybridized carbons (Fsp3) is 0.0588. The van der Waals surface area contributed by atoms with Crippen molar-refractivity contribution in [2.45, 2.75) is 11.8 Å². The van der Waals surface area contributed by atoms with Crippen LogP contribution < -0.4 is 4.72 Å². The third kappa shape index (κ3) is 3.07. The van der Waals surface area contributed by atoms with Gasteiger partial charge < -0.3 is 5.11 Å². The maximum Gasteiger partial charge on any atom is 0.335 e. The molecule has 0 spiro atoms. The quantitative estimate of drug-likeness (QED) is 0.759. The molecule has 3 aromatic rings. The van der Waals surface area contributed by atoms with Crippen molar-refractivity contribution in [3.05, 3.63) is 65.9 Å². The molecule has 3 rings (SSSR count). The van der Waals surface area contributed by atoms with E-state index in [4.69, 9.17) is 5.11 Å². The van der Waals surface area contributed by atoms with Gasteiger partial charge in [0.25, 0.3) is 10.0 Å². The number of nitrogens with zero attached hydrogens (tertiary/aromatic N) is 1. The summed E-state index contributed by atoms with van der Waals surface area (Å²) in [7, 11) is -3.86. The lowest BCUT2D eigenvalue weighted by atomic mass is 10.1. The van der Waals surface area contributed by atoms with E-state index in [1.807, 2.05) is 13.0 Å². The number of rotatable bonds is 4. The topological polar surface area (TPSA) is 96.4 Å². The molecule has 1 aromatic heterocycles. The first kappa shape index (κ1) is 15.9. The first-order valence-corrected chi connectivity index (χ1v) is 8.57. The van der Waals surface area contributed by atoms with Gasteiger partial charge in [-0.2, -0.15) is 0 Å². The van der Waals surface area contributed by atoms with Crippen LogP contribution in [0.3, 0.4) is 0 Å². The smallest absolute Gasteiger partial charge is 0.335 e. The van der Waals surface area contributed by atoms with Gasteiger partial charge in [-0.25, -0.2) is 13.2 Å². The first-order chi connectivity index (χ1) is 11.4.